The van der Waals surface area contributed by atoms with E-state index in [9.17, 15) is 0 Å². The van der Waals surface area contributed by atoms with Gasteiger partial charge in [-0.25, -0.2) is 4.98 Å². The molecule has 1 N–H and O–H groups in total. The minimum Gasteiger partial charge on any atom is -0.496 e. The van der Waals surface area contributed by atoms with Crippen molar-refractivity contribution < 1.29 is 9.15 Å². The Bertz CT molecular complexity index is 796. The summed E-state index contributed by atoms with van der Waals surface area (Å²) in [4.78, 5) is 4.41. The van der Waals surface area contributed by atoms with Gasteiger partial charge in [-0.3, -0.25) is 0 Å². The maximum atomic E-state index is 5.46. The first-order chi connectivity index (χ1) is 11.7. The van der Waals surface area contributed by atoms with Crippen LogP contribution < -0.4 is 10.1 Å². The molecular weight excluding hydrogens is 300 g/mol. The van der Waals surface area contributed by atoms with Crippen LogP contribution in [0, 0.1) is 6.92 Å². The topological polar surface area (TPSA) is 47.3 Å². The number of aromatic nitrogens is 1. The third kappa shape index (κ3) is 3.66. The van der Waals surface area contributed by atoms with E-state index in [-0.39, 0.29) is 6.04 Å². The second kappa shape index (κ2) is 7.32. The fraction of sp³-hybridized carbons (Fsp3) is 0.250. The molecule has 0 saturated carbocycles. The number of benzene rings is 2. The number of rotatable bonds is 6. The first kappa shape index (κ1) is 16.3. The van der Waals surface area contributed by atoms with Gasteiger partial charge in [0.25, 0.3) is 0 Å². The molecule has 0 spiro atoms. The molecule has 0 radical (unpaired) electrons. The molecule has 0 bridgehead atoms. The summed E-state index contributed by atoms with van der Waals surface area (Å²) in [5, 5.41) is 3.55. The summed E-state index contributed by atoms with van der Waals surface area (Å²) in [6, 6.07) is 16.9. The molecule has 124 valence electrons. The van der Waals surface area contributed by atoms with Crippen LogP contribution in [0.1, 0.15) is 30.0 Å². The van der Waals surface area contributed by atoms with E-state index in [0.717, 1.165) is 23.6 Å². The van der Waals surface area contributed by atoms with Crippen LogP contribution >= 0.6 is 0 Å². The second-order valence-corrected chi connectivity index (χ2v) is 5.80. The Balaban J connectivity index is 1.77. The summed E-state index contributed by atoms with van der Waals surface area (Å²) >= 11 is 0. The number of nitrogens with zero attached hydrogens (tertiary/aromatic N) is 1. The summed E-state index contributed by atoms with van der Waals surface area (Å²) in [6.07, 6.45) is 1.66. The second-order valence-electron chi connectivity index (χ2n) is 5.80. The number of hydrogen-bond acceptors (Lipinski definition) is 4. The zero-order valence-corrected chi connectivity index (χ0v) is 14.2. The van der Waals surface area contributed by atoms with Gasteiger partial charge in [-0.2, -0.15) is 0 Å². The van der Waals surface area contributed by atoms with Gasteiger partial charge < -0.3 is 14.5 Å². The number of hydrogen-bond donors (Lipinski definition) is 1. The molecule has 24 heavy (non-hydrogen) atoms. The van der Waals surface area contributed by atoms with Crippen molar-refractivity contribution in [1.29, 1.82) is 0 Å². The molecule has 0 fully saturated rings. The molecular formula is C20H22N2O2. The van der Waals surface area contributed by atoms with Gasteiger partial charge in [0.05, 0.1) is 7.11 Å². The molecule has 1 aromatic heterocycles. The van der Waals surface area contributed by atoms with E-state index in [4.69, 9.17) is 9.15 Å². The Kier molecular flexibility index (Phi) is 4.96. The van der Waals surface area contributed by atoms with Crippen LogP contribution in [0.4, 0.5) is 0 Å². The highest BCUT2D eigenvalue weighted by molar-refractivity contribution is 5.67. The SMILES string of the molecule is COc1ccc(CN[C@H](C)c2ccccc2)cc1-c1coc(C)n1. The van der Waals surface area contributed by atoms with E-state index in [2.05, 4.69) is 53.6 Å². The lowest BCUT2D eigenvalue weighted by molar-refractivity contribution is 0.416. The average molecular weight is 322 g/mol. The van der Waals surface area contributed by atoms with Crippen molar-refractivity contribution >= 4 is 0 Å². The zero-order chi connectivity index (χ0) is 16.9. The summed E-state index contributed by atoms with van der Waals surface area (Å²) in [5.41, 5.74) is 4.19. The summed E-state index contributed by atoms with van der Waals surface area (Å²) in [5.74, 6) is 1.44. The number of oxazole rings is 1. The highest BCUT2D eigenvalue weighted by atomic mass is 16.5. The summed E-state index contributed by atoms with van der Waals surface area (Å²) in [6.45, 7) is 4.77. The van der Waals surface area contributed by atoms with Crippen LogP contribution in [0.3, 0.4) is 0 Å². The van der Waals surface area contributed by atoms with Crippen LogP contribution in [-0.4, -0.2) is 12.1 Å². The molecule has 4 heteroatoms. The van der Waals surface area contributed by atoms with Gasteiger partial charge in [-0.15, -0.1) is 0 Å². The minimum atomic E-state index is 0.283. The first-order valence-corrected chi connectivity index (χ1v) is 8.05. The quantitative estimate of drug-likeness (QED) is 0.725. The Morgan fingerprint density at radius 2 is 1.96 bits per heavy atom. The number of aryl methyl sites for hydroxylation is 1. The Morgan fingerprint density at radius 3 is 2.62 bits per heavy atom. The van der Waals surface area contributed by atoms with Crippen molar-refractivity contribution in [3.05, 3.63) is 71.8 Å². The van der Waals surface area contributed by atoms with Gasteiger partial charge in [0.1, 0.15) is 17.7 Å². The van der Waals surface area contributed by atoms with Crippen molar-refractivity contribution in [2.45, 2.75) is 26.4 Å². The number of methoxy groups -OCH3 is 1. The molecule has 4 nitrogen and oxygen atoms in total. The van der Waals surface area contributed by atoms with Crippen LogP contribution in [0.15, 0.2) is 59.2 Å². The monoisotopic (exact) mass is 322 g/mol. The van der Waals surface area contributed by atoms with E-state index in [1.165, 1.54) is 11.1 Å². The maximum absolute atomic E-state index is 5.46. The largest absolute Gasteiger partial charge is 0.496 e. The van der Waals surface area contributed by atoms with E-state index in [1.54, 1.807) is 13.4 Å². The van der Waals surface area contributed by atoms with Crippen LogP contribution in [-0.2, 0) is 6.54 Å². The standard InChI is InChI=1S/C20H22N2O2/c1-14(17-7-5-4-6-8-17)21-12-16-9-10-20(23-3)18(11-16)19-13-24-15(2)22-19/h4-11,13-14,21H,12H2,1-3H3/t14-/m1/s1. The summed E-state index contributed by atoms with van der Waals surface area (Å²) in [7, 11) is 1.67. The first-order valence-electron chi connectivity index (χ1n) is 8.05. The predicted octanol–water partition coefficient (Wildman–Crippen LogP) is 4.51. The van der Waals surface area contributed by atoms with Crippen molar-refractivity contribution in [1.82, 2.24) is 10.3 Å². The zero-order valence-electron chi connectivity index (χ0n) is 14.2. The molecule has 1 atom stereocenters. The average Bonchev–Trinajstić information content (AvgIpc) is 3.06. The Morgan fingerprint density at radius 1 is 1.17 bits per heavy atom. The van der Waals surface area contributed by atoms with E-state index >= 15 is 0 Å². The van der Waals surface area contributed by atoms with Crippen molar-refractivity contribution in [2.24, 2.45) is 0 Å². The molecule has 0 aliphatic heterocycles. The fourth-order valence-electron chi connectivity index (χ4n) is 2.68. The fourth-order valence-corrected chi connectivity index (χ4v) is 2.68. The number of nitrogens with one attached hydrogen (secondary N) is 1. The van der Waals surface area contributed by atoms with Crippen molar-refractivity contribution in [2.75, 3.05) is 7.11 Å². The molecule has 3 rings (SSSR count). The molecule has 0 unspecified atom stereocenters. The van der Waals surface area contributed by atoms with E-state index in [1.807, 2.05) is 19.1 Å². The van der Waals surface area contributed by atoms with Gasteiger partial charge in [-0.05, 0) is 30.2 Å². The molecule has 0 saturated heterocycles. The molecule has 0 amide bonds. The Labute approximate surface area is 142 Å². The molecule has 3 aromatic rings. The lowest BCUT2D eigenvalue weighted by Crippen LogP contribution is -2.18. The smallest absolute Gasteiger partial charge is 0.191 e. The van der Waals surface area contributed by atoms with E-state index in [0.29, 0.717) is 5.89 Å². The molecule has 1 heterocycles. The van der Waals surface area contributed by atoms with Crippen LogP contribution in [0.5, 0.6) is 5.75 Å². The van der Waals surface area contributed by atoms with Gasteiger partial charge in [0.2, 0.25) is 0 Å². The molecule has 0 aliphatic rings. The van der Waals surface area contributed by atoms with Crippen molar-refractivity contribution in [3.63, 3.8) is 0 Å². The Hall–Kier alpha value is -2.59. The van der Waals surface area contributed by atoms with Crippen LogP contribution in [0.2, 0.25) is 0 Å². The lowest BCUT2D eigenvalue weighted by atomic mass is 10.1. The molecule has 0 aliphatic carbocycles. The highest BCUT2D eigenvalue weighted by Gasteiger charge is 2.12. The van der Waals surface area contributed by atoms with Gasteiger partial charge in [0.15, 0.2) is 5.89 Å². The third-order valence-corrected chi connectivity index (χ3v) is 4.07. The molecule has 2 aromatic carbocycles. The van der Waals surface area contributed by atoms with E-state index < -0.39 is 0 Å². The third-order valence-electron chi connectivity index (χ3n) is 4.07. The summed E-state index contributed by atoms with van der Waals surface area (Å²) < 4.78 is 10.8. The maximum Gasteiger partial charge on any atom is 0.191 e. The van der Waals surface area contributed by atoms with Crippen LogP contribution in [0.25, 0.3) is 11.3 Å². The normalized spacial score (nSPS) is 12.1. The van der Waals surface area contributed by atoms with Crippen molar-refractivity contribution in [3.8, 4) is 17.0 Å². The lowest BCUT2D eigenvalue weighted by Gasteiger charge is -2.15. The minimum absolute atomic E-state index is 0.283. The predicted molar refractivity (Wildman–Crippen MR) is 94.9 cm³/mol. The van der Waals surface area contributed by atoms with Gasteiger partial charge in [-0.1, -0.05) is 36.4 Å². The number of ether oxygens (including phenoxy) is 1. The highest BCUT2D eigenvalue weighted by Crippen LogP contribution is 2.30. The van der Waals surface area contributed by atoms with Gasteiger partial charge in [0, 0.05) is 25.1 Å². The van der Waals surface area contributed by atoms with Gasteiger partial charge >= 0.3 is 0 Å².